The summed E-state index contributed by atoms with van der Waals surface area (Å²) in [4.78, 5) is 0. The quantitative estimate of drug-likeness (QED) is 0.136. The summed E-state index contributed by atoms with van der Waals surface area (Å²) in [5.41, 5.74) is 1.54. The topological polar surface area (TPSA) is 0 Å². The smallest absolute Gasteiger partial charge is 0.0269 e. The zero-order valence-electron chi connectivity index (χ0n) is 77.4. The number of hydrogen-bond acceptors (Lipinski definition) is 0. The SMILES string of the molecule is C.C.C.C.C.C.C.C.C.CC(C)C1C2CC(C2)C1C.CC(C)C1C2CCC(C2)C1C(C)C.CC(C)C1CC1(C)C(C)C.CC(C)C1CC1C(C)C.CC(C)C1CC2(CC2)CC1C(C)C.CC(C)C1CC2CC2C1C(C)C.CC(C)C1CCC(C)C1C(C)C.CC(C)C1CCCC1C(C)C.CC1CC(C(C)C)C(C(C)C)C1. The Hall–Kier alpha value is 0. The van der Waals surface area contributed by atoms with Crippen LogP contribution in [0.2, 0.25) is 0 Å². The zero-order chi connectivity index (χ0) is 77.4. The van der Waals surface area contributed by atoms with E-state index in [1.807, 2.05) is 0 Å². The highest BCUT2D eigenvalue weighted by Gasteiger charge is 2.57. The van der Waals surface area contributed by atoms with Gasteiger partial charge in [-0.2, -0.15) is 0 Å². The Labute approximate surface area is 713 Å². The van der Waals surface area contributed by atoms with Crippen LogP contribution in [0.5, 0.6) is 0 Å². The molecule has 0 aromatic carbocycles. The average molecular weight is 1570 g/mol. The van der Waals surface area contributed by atoms with E-state index < -0.39 is 0 Å². The first-order valence-corrected chi connectivity index (χ1v) is 47.2. The lowest BCUT2D eigenvalue weighted by molar-refractivity contribution is 0.124. The lowest BCUT2D eigenvalue weighted by Crippen LogP contribution is -2.30. The van der Waals surface area contributed by atoms with Gasteiger partial charge in [0.2, 0.25) is 0 Å². The molecule has 1 spiro atoms. The molecule has 0 aromatic rings. The van der Waals surface area contributed by atoms with Gasteiger partial charge >= 0.3 is 0 Å². The van der Waals surface area contributed by atoms with Gasteiger partial charge in [-0.3, -0.25) is 0 Å². The summed E-state index contributed by atoms with van der Waals surface area (Å²) in [5.74, 6) is 41.7. The van der Waals surface area contributed by atoms with E-state index in [9.17, 15) is 0 Å². The van der Waals surface area contributed by atoms with Gasteiger partial charge in [-0.25, -0.2) is 0 Å². The molecule has 14 saturated carbocycles. The minimum atomic E-state index is 0. The predicted octanol–water partition coefficient (Wildman–Crippen LogP) is 38.2. The Morgan fingerprint density at radius 3 is 0.802 bits per heavy atom. The fraction of sp³-hybridized carbons (Fsp3) is 1.00. The first-order valence-electron chi connectivity index (χ1n) is 47.2. The fourth-order valence-corrected chi connectivity index (χ4v) is 27.3. The van der Waals surface area contributed by atoms with Crippen molar-refractivity contribution in [1.29, 1.82) is 0 Å². The van der Waals surface area contributed by atoms with E-state index >= 15 is 0 Å². The van der Waals surface area contributed by atoms with Crippen LogP contribution < -0.4 is 0 Å². The first-order chi connectivity index (χ1) is 47.2. The summed E-state index contributed by atoms with van der Waals surface area (Å²) in [6, 6.07) is 0. The van der Waals surface area contributed by atoms with Crippen LogP contribution in [-0.2, 0) is 0 Å². The van der Waals surface area contributed by atoms with Gasteiger partial charge in [0.1, 0.15) is 0 Å². The molecule has 14 fully saturated rings. The molecule has 111 heavy (non-hydrogen) atoms. The molecule has 4 bridgehead atoms. The molecule has 23 unspecified atom stereocenters. The molecule has 0 heterocycles. The van der Waals surface area contributed by atoms with Crippen molar-refractivity contribution < 1.29 is 0 Å². The molecule has 14 aliphatic carbocycles. The Morgan fingerprint density at radius 2 is 0.568 bits per heavy atom. The van der Waals surface area contributed by atoms with E-state index in [1.54, 1.807) is 57.8 Å². The van der Waals surface area contributed by atoms with Crippen LogP contribution in [0.1, 0.15) is 458 Å². The molecule has 676 valence electrons. The Bertz CT molecular complexity index is 2140. The largest absolute Gasteiger partial charge is 0.0776 e. The number of fused-ring (bicyclic) bond motifs is 4. The minimum Gasteiger partial charge on any atom is -0.0776 e. The molecular weight excluding hydrogens is 1330 g/mol. The zero-order valence-corrected chi connectivity index (χ0v) is 77.4. The molecule has 0 N–H and O–H groups in total. The molecule has 0 nitrogen and oxygen atoms in total. The van der Waals surface area contributed by atoms with E-state index in [2.05, 4.69) is 263 Å². The molecule has 0 aliphatic heterocycles. The van der Waals surface area contributed by atoms with Gasteiger partial charge in [-0.1, -0.05) is 343 Å². The molecule has 0 radical (unpaired) electrons. The van der Waals surface area contributed by atoms with Crippen LogP contribution in [0, 0.1) is 259 Å². The van der Waals surface area contributed by atoms with E-state index in [1.165, 1.54) is 70.6 Å². The highest BCUT2D eigenvalue weighted by Crippen LogP contribution is 2.66. The average Bonchev–Trinajstić information content (AvgIpc) is 1.61. The van der Waals surface area contributed by atoms with Crippen molar-refractivity contribution in [3.63, 3.8) is 0 Å². The third-order valence-electron chi connectivity index (χ3n) is 33.9. The van der Waals surface area contributed by atoms with Crippen LogP contribution in [0.15, 0.2) is 0 Å². The van der Waals surface area contributed by atoms with Gasteiger partial charge in [-0.15, -0.1) is 0 Å². The number of hydrogen-bond donors (Lipinski definition) is 0. The van der Waals surface area contributed by atoms with Gasteiger partial charge in [0.25, 0.3) is 0 Å². The van der Waals surface area contributed by atoms with Crippen molar-refractivity contribution >= 4 is 0 Å². The highest BCUT2D eigenvalue weighted by atomic mass is 14.6. The number of rotatable bonds is 17. The normalized spacial score (nSPS) is 36.4. The van der Waals surface area contributed by atoms with Gasteiger partial charge in [0.05, 0.1) is 0 Å². The van der Waals surface area contributed by atoms with E-state index in [-0.39, 0.29) is 66.8 Å². The molecule has 14 rings (SSSR count). The van der Waals surface area contributed by atoms with Crippen molar-refractivity contribution in [2.45, 2.75) is 458 Å². The molecule has 23 atom stereocenters. The second-order valence-corrected chi connectivity index (χ2v) is 46.7. The third kappa shape index (κ3) is 32.7. The maximum Gasteiger partial charge on any atom is -0.0269 e. The summed E-state index contributed by atoms with van der Waals surface area (Å²) in [5, 5.41) is 0. The standard InChI is InChI=1S/2C13H24.C12H22.2C12H24.C11H22.C10H18.C10H20.C9H18.9CH4/c1-9(2)11-7-13(5-6-13)8-12(11)10(3)4;1-8(2)12-10-5-6-11(7-10)13(12)9(3)4;1-7(2)10-5-9-6-11(9)12(10)8(3)4;1-8(2)11-6-10(5)7-12(11)9(3)4;1-8(2)11-7-6-10(5)12(11)9(3)4;1-8(2)10-6-5-7-11(10)9(3)4;1-6(2)10-7(3)8-4-9(10)5-8;1-7(2)9-6-10(9,5)8(3)4;1-6(2)8-5-9(8)7(3)4;;;;;;;;;/h9-12H,5-8H2,1-4H3;8-13H,5-7H2,1-4H3;7-12H,5-6H2,1-4H3;2*8-12H,6-7H2,1-5H3;8-11H,5-7H2,1-4H3;6-10H,4-5H2,1-3H3;7-9H,6H2,1-5H3;6-9H,5H2,1-4H3;9*1H4. The van der Waals surface area contributed by atoms with E-state index in [0.29, 0.717) is 5.41 Å². The summed E-state index contributed by atoms with van der Waals surface area (Å²) >= 11 is 0. The lowest BCUT2D eigenvalue weighted by Gasteiger charge is -2.36. The monoisotopic (exact) mass is 1570 g/mol. The maximum atomic E-state index is 2.46. The predicted molar refractivity (Wildman–Crippen MR) is 520 cm³/mol. The molecule has 0 saturated heterocycles. The summed E-state index contributed by atoms with van der Waals surface area (Å²) < 4.78 is 0. The van der Waals surface area contributed by atoms with Crippen molar-refractivity contribution in [3.05, 3.63) is 0 Å². The highest BCUT2D eigenvalue weighted by molar-refractivity contribution is 5.06. The molecule has 0 heteroatoms. The van der Waals surface area contributed by atoms with Crippen LogP contribution in [0.3, 0.4) is 0 Å². The Balaban J connectivity index is -0.000000377. The van der Waals surface area contributed by atoms with Gasteiger partial charge in [0, 0.05) is 0 Å². The molecular formula is C111H232. The van der Waals surface area contributed by atoms with Gasteiger partial charge in [0.15, 0.2) is 0 Å². The first kappa shape index (κ1) is 120. The molecule has 0 aromatic heterocycles. The van der Waals surface area contributed by atoms with Crippen molar-refractivity contribution in [1.82, 2.24) is 0 Å². The fourth-order valence-electron chi connectivity index (χ4n) is 27.3. The van der Waals surface area contributed by atoms with Crippen LogP contribution in [-0.4, -0.2) is 0 Å². The second-order valence-electron chi connectivity index (χ2n) is 46.7. The van der Waals surface area contributed by atoms with Gasteiger partial charge < -0.3 is 0 Å². The van der Waals surface area contributed by atoms with Crippen molar-refractivity contribution in [3.8, 4) is 0 Å². The molecule has 0 amide bonds. The summed E-state index contributed by atoms with van der Waals surface area (Å²) in [7, 11) is 0. The van der Waals surface area contributed by atoms with Crippen molar-refractivity contribution in [2.24, 2.45) is 259 Å². The minimum absolute atomic E-state index is 0. The van der Waals surface area contributed by atoms with Crippen LogP contribution in [0.4, 0.5) is 0 Å². The Morgan fingerprint density at radius 1 is 0.234 bits per heavy atom. The van der Waals surface area contributed by atoms with Crippen LogP contribution >= 0.6 is 0 Å². The Kier molecular flexibility index (Phi) is 56.4. The summed E-state index contributed by atoms with van der Waals surface area (Å²) in [6.07, 6.45) is 30.3. The van der Waals surface area contributed by atoms with Crippen molar-refractivity contribution in [2.75, 3.05) is 0 Å². The van der Waals surface area contributed by atoms with Gasteiger partial charge in [-0.05, 0) is 375 Å². The van der Waals surface area contributed by atoms with E-state index in [0.717, 1.165) is 254 Å². The second kappa shape index (κ2) is 52.4. The van der Waals surface area contributed by atoms with Crippen LogP contribution in [0.25, 0.3) is 0 Å². The maximum absolute atomic E-state index is 2.46. The molecule has 14 aliphatic rings. The third-order valence-corrected chi connectivity index (χ3v) is 33.9. The summed E-state index contributed by atoms with van der Waals surface area (Å²) in [6.45, 7) is 91.0. The lowest BCUT2D eigenvalue weighted by atomic mass is 9.69. The van der Waals surface area contributed by atoms with E-state index in [4.69, 9.17) is 0 Å².